The zero-order valence-corrected chi connectivity index (χ0v) is 6.89. The summed E-state index contributed by atoms with van der Waals surface area (Å²) in [5.74, 6) is 0.654. The van der Waals surface area contributed by atoms with E-state index >= 15 is 0 Å². The lowest BCUT2D eigenvalue weighted by Gasteiger charge is -1.99. The van der Waals surface area contributed by atoms with Gasteiger partial charge in [0.05, 0.1) is 0 Å². The van der Waals surface area contributed by atoms with Crippen molar-refractivity contribution < 1.29 is 0 Å². The fourth-order valence-corrected chi connectivity index (χ4v) is 1.07. The van der Waals surface area contributed by atoms with Gasteiger partial charge in [-0.2, -0.15) is 0 Å². The predicted molar refractivity (Wildman–Crippen MR) is 45.8 cm³/mol. The zero-order valence-electron chi connectivity index (χ0n) is 6.89. The van der Waals surface area contributed by atoms with Crippen molar-refractivity contribution in [3.63, 3.8) is 0 Å². The fourth-order valence-electron chi connectivity index (χ4n) is 1.07. The van der Waals surface area contributed by atoms with Crippen LogP contribution in [0.15, 0.2) is 35.5 Å². The van der Waals surface area contributed by atoms with Crippen molar-refractivity contribution >= 4 is 0 Å². The molecule has 0 spiro atoms. The van der Waals surface area contributed by atoms with E-state index in [0.717, 1.165) is 0 Å². The first-order valence-electron chi connectivity index (χ1n) is 3.77. The Bertz CT molecular complexity index is 202. The molecule has 0 saturated carbocycles. The Morgan fingerprint density at radius 1 is 1.40 bits per heavy atom. The van der Waals surface area contributed by atoms with Crippen molar-refractivity contribution in [2.45, 2.75) is 20.8 Å². The maximum atomic E-state index is 2.29. The van der Waals surface area contributed by atoms with Crippen molar-refractivity contribution in [3.8, 4) is 0 Å². The topological polar surface area (TPSA) is 0 Å². The Kier molecular flexibility index (Phi) is 2.10. The lowest BCUT2D eigenvalue weighted by Crippen LogP contribution is -1.83. The van der Waals surface area contributed by atoms with E-state index < -0.39 is 0 Å². The average Bonchev–Trinajstić information content (AvgIpc) is 2.15. The van der Waals surface area contributed by atoms with E-state index in [4.69, 9.17) is 0 Å². The first kappa shape index (κ1) is 7.33. The Labute approximate surface area is 62.9 Å². The summed E-state index contributed by atoms with van der Waals surface area (Å²) in [6, 6.07) is 0. The van der Waals surface area contributed by atoms with Crippen LogP contribution in [0.25, 0.3) is 0 Å². The highest BCUT2D eigenvalue weighted by Crippen LogP contribution is 2.18. The average molecular weight is 134 g/mol. The van der Waals surface area contributed by atoms with Crippen molar-refractivity contribution in [3.05, 3.63) is 35.5 Å². The first-order chi connectivity index (χ1) is 4.70. The van der Waals surface area contributed by atoms with E-state index in [9.17, 15) is 0 Å². The van der Waals surface area contributed by atoms with Gasteiger partial charge in [-0.15, -0.1) is 0 Å². The Morgan fingerprint density at radius 3 is 2.50 bits per heavy atom. The molecule has 0 heteroatoms. The van der Waals surface area contributed by atoms with Crippen molar-refractivity contribution in [1.29, 1.82) is 0 Å². The van der Waals surface area contributed by atoms with Gasteiger partial charge < -0.3 is 0 Å². The van der Waals surface area contributed by atoms with Gasteiger partial charge in [0.2, 0.25) is 0 Å². The summed E-state index contributed by atoms with van der Waals surface area (Å²) in [7, 11) is 0. The second-order valence-corrected chi connectivity index (χ2v) is 3.07. The maximum absolute atomic E-state index is 2.29. The molecule has 10 heavy (non-hydrogen) atoms. The molecule has 0 aromatic carbocycles. The van der Waals surface area contributed by atoms with Gasteiger partial charge in [-0.3, -0.25) is 0 Å². The molecule has 0 fully saturated rings. The Balaban J connectivity index is 2.75. The van der Waals surface area contributed by atoms with Gasteiger partial charge in [0.25, 0.3) is 0 Å². The minimum absolute atomic E-state index is 0.654. The highest BCUT2D eigenvalue weighted by molar-refractivity contribution is 5.47. The molecule has 0 aliphatic heterocycles. The van der Waals surface area contributed by atoms with Gasteiger partial charge in [-0.25, -0.2) is 0 Å². The zero-order chi connectivity index (χ0) is 7.56. The van der Waals surface area contributed by atoms with Crippen LogP contribution in [0.1, 0.15) is 20.8 Å². The number of allylic oxidation sites excluding steroid dienone is 6. The lowest BCUT2D eigenvalue weighted by molar-refractivity contribution is 0.826. The van der Waals surface area contributed by atoms with Crippen LogP contribution in [0.5, 0.6) is 0 Å². The second-order valence-electron chi connectivity index (χ2n) is 3.07. The highest BCUT2D eigenvalue weighted by Gasteiger charge is 2.00. The smallest absolute Gasteiger partial charge is 0.0265 e. The lowest BCUT2D eigenvalue weighted by atomic mass is 10.1. The Morgan fingerprint density at radius 2 is 2.10 bits per heavy atom. The molecule has 0 unspecified atom stereocenters. The molecule has 0 amide bonds. The van der Waals surface area contributed by atoms with Crippen LogP contribution in [0.2, 0.25) is 0 Å². The van der Waals surface area contributed by atoms with E-state index in [2.05, 4.69) is 45.1 Å². The minimum atomic E-state index is 0.654. The molecule has 0 heterocycles. The third-order valence-corrected chi connectivity index (χ3v) is 1.59. The van der Waals surface area contributed by atoms with E-state index in [1.807, 2.05) is 0 Å². The van der Waals surface area contributed by atoms with Gasteiger partial charge in [0, 0.05) is 0 Å². The molecule has 0 atom stereocenters. The SMILES string of the molecule is CC1=CC=CC1=CC(C)C. The molecule has 1 aliphatic carbocycles. The van der Waals surface area contributed by atoms with Crippen LogP contribution in [-0.2, 0) is 0 Å². The molecule has 0 radical (unpaired) electrons. The monoisotopic (exact) mass is 134 g/mol. The number of rotatable bonds is 1. The van der Waals surface area contributed by atoms with Crippen LogP contribution in [-0.4, -0.2) is 0 Å². The van der Waals surface area contributed by atoms with E-state index in [-0.39, 0.29) is 0 Å². The first-order valence-corrected chi connectivity index (χ1v) is 3.77. The van der Waals surface area contributed by atoms with Crippen LogP contribution in [0.3, 0.4) is 0 Å². The molecule has 0 N–H and O–H groups in total. The Hall–Kier alpha value is -0.780. The molecule has 54 valence electrons. The summed E-state index contributed by atoms with van der Waals surface area (Å²) in [5, 5.41) is 0. The highest BCUT2D eigenvalue weighted by atomic mass is 14.1. The van der Waals surface area contributed by atoms with Crippen LogP contribution in [0, 0.1) is 5.92 Å². The van der Waals surface area contributed by atoms with Crippen LogP contribution in [0.4, 0.5) is 0 Å². The van der Waals surface area contributed by atoms with Gasteiger partial charge in [-0.1, -0.05) is 38.2 Å². The predicted octanol–water partition coefficient (Wildman–Crippen LogP) is 3.08. The molecule has 0 bridgehead atoms. The van der Waals surface area contributed by atoms with Crippen LogP contribution >= 0.6 is 0 Å². The standard InChI is InChI=1S/C10H14/c1-8(2)7-10-6-4-5-9(10)3/h4-8H,1-3H3. The third-order valence-electron chi connectivity index (χ3n) is 1.59. The summed E-state index contributed by atoms with van der Waals surface area (Å²) in [6.45, 7) is 6.55. The fraction of sp³-hybridized carbons (Fsp3) is 0.400. The molecule has 1 rings (SSSR count). The van der Waals surface area contributed by atoms with Gasteiger partial charge in [0.15, 0.2) is 0 Å². The summed E-state index contributed by atoms with van der Waals surface area (Å²) in [4.78, 5) is 0. The van der Waals surface area contributed by atoms with Gasteiger partial charge >= 0.3 is 0 Å². The van der Waals surface area contributed by atoms with E-state index in [1.165, 1.54) is 11.1 Å². The van der Waals surface area contributed by atoms with Crippen LogP contribution < -0.4 is 0 Å². The van der Waals surface area contributed by atoms with Crippen molar-refractivity contribution in [2.75, 3.05) is 0 Å². The maximum Gasteiger partial charge on any atom is -0.0265 e. The quantitative estimate of drug-likeness (QED) is 0.517. The van der Waals surface area contributed by atoms with Gasteiger partial charge in [0.1, 0.15) is 0 Å². The van der Waals surface area contributed by atoms with Gasteiger partial charge in [-0.05, 0) is 24.0 Å². The summed E-state index contributed by atoms with van der Waals surface area (Å²) in [5.41, 5.74) is 2.77. The van der Waals surface area contributed by atoms with E-state index in [1.54, 1.807) is 0 Å². The minimum Gasteiger partial charge on any atom is -0.0744 e. The largest absolute Gasteiger partial charge is 0.0744 e. The van der Waals surface area contributed by atoms with E-state index in [0.29, 0.717) is 5.92 Å². The number of hydrogen-bond acceptors (Lipinski definition) is 0. The molecule has 0 saturated heterocycles. The molecule has 0 aromatic heterocycles. The molecule has 0 nitrogen and oxygen atoms in total. The second kappa shape index (κ2) is 2.87. The summed E-state index contributed by atoms with van der Waals surface area (Å²) in [6.07, 6.45) is 8.70. The molecular formula is C10H14. The van der Waals surface area contributed by atoms with Crippen molar-refractivity contribution in [1.82, 2.24) is 0 Å². The molecule has 1 aliphatic rings. The summed E-state index contributed by atoms with van der Waals surface area (Å²) >= 11 is 0. The normalized spacial score (nSPS) is 20.8. The molecule has 0 aromatic rings. The number of hydrogen-bond donors (Lipinski definition) is 0. The molecular weight excluding hydrogens is 120 g/mol. The third kappa shape index (κ3) is 1.60. The summed E-state index contributed by atoms with van der Waals surface area (Å²) < 4.78 is 0. The van der Waals surface area contributed by atoms with Crippen molar-refractivity contribution in [2.24, 2.45) is 5.92 Å².